The molecule has 0 heterocycles. The Balaban J connectivity index is 2.09. The van der Waals surface area contributed by atoms with E-state index in [2.05, 4.69) is 5.32 Å². The number of methoxy groups -OCH3 is 1. The van der Waals surface area contributed by atoms with Crippen LogP contribution >= 0.6 is 35.0 Å². The molecule has 1 amide bonds. The minimum absolute atomic E-state index is 0.148. The highest BCUT2D eigenvalue weighted by molar-refractivity contribution is 8.00. The van der Waals surface area contributed by atoms with Gasteiger partial charge in [-0.3, -0.25) is 4.79 Å². The summed E-state index contributed by atoms with van der Waals surface area (Å²) >= 11 is 13.5. The molecule has 1 N–H and O–H groups in total. The average molecular weight is 356 g/mol. The Hall–Kier alpha value is -1.36. The van der Waals surface area contributed by atoms with E-state index in [4.69, 9.17) is 27.9 Å². The number of benzene rings is 2. The second kappa shape index (κ2) is 7.77. The summed E-state index contributed by atoms with van der Waals surface area (Å²) in [6.07, 6.45) is 0. The van der Waals surface area contributed by atoms with Gasteiger partial charge in [0.15, 0.2) is 0 Å². The molecule has 116 valence electrons. The summed E-state index contributed by atoms with van der Waals surface area (Å²) in [6, 6.07) is 12.5. The average Bonchev–Trinajstić information content (AvgIpc) is 2.49. The molecule has 0 aromatic heterocycles. The lowest BCUT2D eigenvalue weighted by Crippen LogP contribution is -2.22. The zero-order valence-electron chi connectivity index (χ0n) is 12.1. The first-order valence-corrected chi connectivity index (χ1v) is 8.20. The van der Waals surface area contributed by atoms with Gasteiger partial charge >= 0.3 is 0 Å². The van der Waals surface area contributed by atoms with Gasteiger partial charge in [-0.2, -0.15) is 0 Å². The molecule has 6 heteroatoms. The molecule has 1 atom stereocenters. The van der Waals surface area contributed by atoms with Crippen molar-refractivity contribution in [2.75, 3.05) is 12.4 Å². The molecule has 0 bridgehead atoms. The summed E-state index contributed by atoms with van der Waals surface area (Å²) < 4.78 is 5.22. The summed E-state index contributed by atoms with van der Waals surface area (Å²) in [7, 11) is 1.54. The van der Waals surface area contributed by atoms with E-state index in [1.165, 1.54) is 11.8 Å². The van der Waals surface area contributed by atoms with Crippen LogP contribution in [0.4, 0.5) is 5.69 Å². The summed E-state index contributed by atoms with van der Waals surface area (Å²) in [4.78, 5) is 13.2. The van der Waals surface area contributed by atoms with Crippen molar-refractivity contribution in [3.63, 3.8) is 0 Å². The van der Waals surface area contributed by atoms with Crippen LogP contribution in [0.5, 0.6) is 5.75 Å². The Kier molecular flexibility index (Phi) is 6.00. The third-order valence-corrected chi connectivity index (χ3v) is 4.78. The molecule has 0 aliphatic carbocycles. The Morgan fingerprint density at radius 3 is 2.64 bits per heavy atom. The topological polar surface area (TPSA) is 38.3 Å². The largest absolute Gasteiger partial charge is 0.495 e. The van der Waals surface area contributed by atoms with Crippen LogP contribution in [-0.2, 0) is 4.79 Å². The minimum Gasteiger partial charge on any atom is -0.495 e. The molecule has 2 aromatic rings. The Morgan fingerprint density at radius 1 is 1.23 bits per heavy atom. The van der Waals surface area contributed by atoms with Crippen LogP contribution in [0.25, 0.3) is 0 Å². The van der Waals surface area contributed by atoms with Gasteiger partial charge in [0.05, 0.1) is 23.1 Å². The minimum atomic E-state index is -0.316. The molecule has 0 spiro atoms. The van der Waals surface area contributed by atoms with Gasteiger partial charge < -0.3 is 10.1 Å². The second-order valence-corrected chi connectivity index (χ2v) is 6.75. The van der Waals surface area contributed by atoms with E-state index in [-0.39, 0.29) is 11.2 Å². The highest BCUT2D eigenvalue weighted by Gasteiger charge is 2.17. The van der Waals surface area contributed by atoms with Crippen LogP contribution < -0.4 is 10.1 Å². The lowest BCUT2D eigenvalue weighted by Gasteiger charge is -2.15. The molecule has 0 aliphatic heterocycles. The normalized spacial score (nSPS) is 11.8. The van der Waals surface area contributed by atoms with Crippen LogP contribution in [0, 0.1) is 0 Å². The van der Waals surface area contributed by atoms with Crippen molar-refractivity contribution in [2.45, 2.75) is 17.1 Å². The number of hydrogen-bond donors (Lipinski definition) is 1. The van der Waals surface area contributed by atoms with Crippen molar-refractivity contribution >= 4 is 46.6 Å². The van der Waals surface area contributed by atoms with Crippen LogP contribution in [0.3, 0.4) is 0 Å². The van der Waals surface area contributed by atoms with Crippen LogP contribution in [-0.4, -0.2) is 18.3 Å². The Bertz CT molecular complexity index is 679. The van der Waals surface area contributed by atoms with Gasteiger partial charge in [0.25, 0.3) is 0 Å². The number of ether oxygens (including phenoxy) is 1. The van der Waals surface area contributed by atoms with E-state index in [1.807, 2.05) is 25.1 Å². The van der Waals surface area contributed by atoms with E-state index in [1.54, 1.807) is 31.4 Å². The number of nitrogens with one attached hydrogen (secondary N) is 1. The molecule has 2 aromatic carbocycles. The van der Waals surface area contributed by atoms with E-state index < -0.39 is 0 Å². The fraction of sp³-hybridized carbons (Fsp3) is 0.188. The lowest BCUT2D eigenvalue weighted by molar-refractivity contribution is -0.115. The maximum absolute atomic E-state index is 12.3. The predicted octanol–water partition coefficient (Wildman–Crippen LogP) is 5.12. The third-order valence-electron chi connectivity index (χ3n) is 2.93. The fourth-order valence-corrected chi connectivity index (χ4v) is 3.12. The molecular weight excluding hydrogens is 341 g/mol. The molecule has 0 unspecified atom stereocenters. The molecular formula is C16H15Cl2NO2S. The number of thioether (sulfide) groups is 1. The first-order chi connectivity index (χ1) is 10.5. The van der Waals surface area contributed by atoms with Gasteiger partial charge in [-0.1, -0.05) is 35.3 Å². The number of amides is 1. The summed E-state index contributed by atoms with van der Waals surface area (Å²) in [5.74, 6) is 0.415. The summed E-state index contributed by atoms with van der Waals surface area (Å²) in [6.45, 7) is 1.82. The third kappa shape index (κ3) is 4.32. The maximum Gasteiger partial charge on any atom is 0.237 e. The van der Waals surface area contributed by atoms with Gasteiger partial charge in [0.1, 0.15) is 5.75 Å². The summed E-state index contributed by atoms with van der Waals surface area (Å²) in [5.41, 5.74) is 0.548. The number of carbonyl (C=O) groups excluding carboxylic acids is 1. The van der Waals surface area contributed by atoms with Crippen molar-refractivity contribution in [2.24, 2.45) is 0 Å². The van der Waals surface area contributed by atoms with Crippen molar-refractivity contribution < 1.29 is 9.53 Å². The zero-order valence-corrected chi connectivity index (χ0v) is 14.4. The quantitative estimate of drug-likeness (QED) is 0.756. The molecule has 0 radical (unpaired) electrons. The number of carbonyl (C=O) groups is 1. The lowest BCUT2D eigenvalue weighted by atomic mass is 10.3. The van der Waals surface area contributed by atoms with Crippen LogP contribution in [0.1, 0.15) is 6.92 Å². The Morgan fingerprint density at radius 2 is 1.95 bits per heavy atom. The van der Waals surface area contributed by atoms with Gasteiger partial charge in [-0.25, -0.2) is 0 Å². The van der Waals surface area contributed by atoms with Gasteiger partial charge in [0.2, 0.25) is 5.91 Å². The first-order valence-electron chi connectivity index (χ1n) is 6.57. The monoisotopic (exact) mass is 355 g/mol. The van der Waals surface area contributed by atoms with Crippen LogP contribution in [0.2, 0.25) is 10.0 Å². The van der Waals surface area contributed by atoms with E-state index >= 15 is 0 Å². The van der Waals surface area contributed by atoms with E-state index in [0.717, 1.165) is 4.90 Å². The molecule has 2 rings (SSSR count). The number of rotatable bonds is 5. The van der Waals surface area contributed by atoms with Crippen LogP contribution in [0.15, 0.2) is 47.4 Å². The molecule has 0 fully saturated rings. The Labute approximate surface area is 144 Å². The second-order valence-electron chi connectivity index (χ2n) is 4.52. The predicted molar refractivity (Wildman–Crippen MR) is 93.4 cm³/mol. The van der Waals surface area contributed by atoms with Crippen molar-refractivity contribution in [3.05, 3.63) is 52.5 Å². The number of anilines is 1. The van der Waals surface area contributed by atoms with Gasteiger partial charge in [-0.15, -0.1) is 11.8 Å². The molecule has 0 aliphatic rings. The fourth-order valence-electron chi connectivity index (χ4n) is 1.80. The van der Waals surface area contributed by atoms with E-state index in [9.17, 15) is 4.79 Å². The highest BCUT2D eigenvalue weighted by Crippen LogP contribution is 2.32. The molecule has 0 saturated carbocycles. The van der Waals surface area contributed by atoms with E-state index in [0.29, 0.717) is 21.5 Å². The standard InChI is InChI=1S/C16H15Cl2NO2S/c1-10(22-15-6-4-3-5-12(15)18)16(20)19-13-9-11(17)7-8-14(13)21-2/h3-10H,1-2H3,(H,19,20)/t10-/m0/s1. The van der Waals surface area contributed by atoms with Gasteiger partial charge in [0, 0.05) is 9.92 Å². The smallest absolute Gasteiger partial charge is 0.237 e. The van der Waals surface area contributed by atoms with Gasteiger partial charge in [-0.05, 0) is 37.3 Å². The molecule has 3 nitrogen and oxygen atoms in total. The molecule has 22 heavy (non-hydrogen) atoms. The van der Waals surface area contributed by atoms with Crippen molar-refractivity contribution in [3.8, 4) is 5.75 Å². The van der Waals surface area contributed by atoms with Crippen molar-refractivity contribution in [1.29, 1.82) is 0 Å². The SMILES string of the molecule is COc1ccc(Cl)cc1NC(=O)[C@H](C)Sc1ccccc1Cl. The first kappa shape index (κ1) is 17.0. The highest BCUT2D eigenvalue weighted by atomic mass is 35.5. The maximum atomic E-state index is 12.3. The number of hydrogen-bond acceptors (Lipinski definition) is 3. The number of halogens is 2. The summed E-state index contributed by atoms with van der Waals surface area (Å²) in [5, 5.41) is 3.68. The van der Waals surface area contributed by atoms with Crippen molar-refractivity contribution in [1.82, 2.24) is 0 Å². The zero-order chi connectivity index (χ0) is 16.1. The molecule has 0 saturated heterocycles.